The van der Waals surface area contributed by atoms with E-state index in [-0.39, 0.29) is 6.03 Å². The summed E-state index contributed by atoms with van der Waals surface area (Å²) in [5.74, 6) is 0. The standard InChI is InChI=1S/C16H16N4O/c1-11-9-14-15(10-12(11)2)20(18-17-14)16(21)19(3)13-7-5-4-6-8-13/h4-10H,1-3H3. The van der Waals surface area contributed by atoms with Gasteiger partial charge in [0.05, 0.1) is 5.52 Å². The van der Waals surface area contributed by atoms with Crippen LogP contribution in [0.1, 0.15) is 11.1 Å². The van der Waals surface area contributed by atoms with Crippen molar-refractivity contribution in [1.29, 1.82) is 0 Å². The summed E-state index contributed by atoms with van der Waals surface area (Å²) in [5.41, 5.74) is 4.52. The summed E-state index contributed by atoms with van der Waals surface area (Å²) in [6.07, 6.45) is 0. The summed E-state index contributed by atoms with van der Waals surface area (Å²) in [4.78, 5) is 14.2. The molecule has 1 amide bonds. The van der Waals surface area contributed by atoms with E-state index >= 15 is 0 Å². The molecule has 0 aliphatic heterocycles. The number of nitrogens with zero attached hydrogens (tertiary/aromatic N) is 4. The molecule has 0 spiro atoms. The highest BCUT2D eigenvalue weighted by Gasteiger charge is 2.17. The zero-order valence-electron chi connectivity index (χ0n) is 12.2. The minimum atomic E-state index is -0.230. The van der Waals surface area contributed by atoms with E-state index in [4.69, 9.17) is 0 Å². The molecule has 0 aliphatic carbocycles. The van der Waals surface area contributed by atoms with Gasteiger partial charge in [0.2, 0.25) is 0 Å². The smallest absolute Gasteiger partial charge is 0.296 e. The average molecular weight is 280 g/mol. The SMILES string of the molecule is Cc1cc2nnn(C(=O)N(C)c3ccccc3)c2cc1C. The summed E-state index contributed by atoms with van der Waals surface area (Å²) >= 11 is 0. The number of hydrogen-bond donors (Lipinski definition) is 0. The third-order valence-corrected chi connectivity index (χ3v) is 3.67. The molecule has 0 atom stereocenters. The minimum absolute atomic E-state index is 0.230. The van der Waals surface area contributed by atoms with E-state index in [0.29, 0.717) is 0 Å². The number of benzene rings is 2. The molecule has 1 heterocycles. The van der Waals surface area contributed by atoms with Crippen LogP contribution >= 0.6 is 0 Å². The predicted octanol–water partition coefficient (Wildman–Crippen LogP) is 3.15. The molecular weight excluding hydrogens is 264 g/mol. The summed E-state index contributed by atoms with van der Waals surface area (Å²) < 4.78 is 1.34. The van der Waals surface area contributed by atoms with E-state index in [0.717, 1.165) is 27.8 Å². The van der Waals surface area contributed by atoms with Crippen molar-refractivity contribution in [1.82, 2.24) is 15.0 Å². The largest absolute Gasteiger partial charge is 0.350 e. The molecule has 0 radical (unpaired) electrons. The molecule has 106 valence electrons. The Morgan fingerprint density at radius 3 is 2.48 bits per heavy atom. The average Bonchev–Trinajstić information content (AvgIpc) is 2.90. The van der Waals surface area contributed by atoms with Crippen LogP contribution in [0.3, 0.4) is 0 Å². The lowest BCUT2D eigenvalue weighted by Crippen LogP contribution is -2.31. The Labute approximate surface area is 122 Å². The van der Waals surface area contributed by atoms with Crippen molar-refractivity contribution in [2.24, 2.45) is 0 Å². The molecule has 0 aliphatic rings. The van der Waals surface area contributed by atoms with Crippen molar-refractivity contribution in [2.75, 3.05) is 11.9 Å². The van der Waals surface area contributed by atoms with E-state index in [1.807, 2.05) is 56.3 Å². The number of carbonyl (C=O) groups excluding carboxylic acids is 1. The van der Waals surface area contributed by atoms with Crippen LogP contribution in [0.15, 0.2) is 42.5 Å². The molecule has 0 N–H and O–H groups in total. The molecule has 3 aromatic rings. The molecule has 21 heavy (non-hydrogen) atoms. The van der Waals surface area contributed by atoms with Crippen molar-refractivity contribution in [3.8, 4) is 0 Å². The Morgan fingerprint density at radius 2 is 1.76 bits per heavy atom. The van der Waals surface area contributed by atoms with E-state index in [1.165, 1.54) is 4.68 Å². The van der Waals surface area contributed by atoms with Gasteiger partial charge in [0.15, 0.2) is 0 Å². The fourth-order valence-electron chi connectivity index (χ4n) is 2.22. The van der Waals surface area contributed by atoms with Gasteiger partial charge in [0.25, 0.3) is 0 Å². The Hall–Kier alpha value is -2.69. The number of rotatable bonds is 1. The fourth-order valence-corrected chi connectivity index (χ4v) is 2.22. The van der Waals surface area contributed by atoms with Crippen LogP contribution < -0.4 is 4.90 Å². The second kappa shape index (κ2) is 5.01. The van der Waals surface area contributed by atoms with Gasteiger partial charge < -0.3 is 0 Å². The van der Waals surface area contributed by atoms with E-state index in [9.17, 15) is 4.79 Å². The normalized spacial score (nSPS) is 10.8. The summed E-state index contributed by atoms with van der Waals surface area (Å²) in [7, 11) is 1.73. The number of fused-ring (bicyclic) bond motifs is 1. The van der Waals surface area contributed by atoms with Gasteiger partial charge in [-0.15, -0.1) is 5.10 Å². The fraction of sp³-hybridized carbons (Fsp3) is 0.188. The molecule has 0 saturated carbocycles. The van der Waals surface area contributed by atoms with Crippen LogP contribution in [0.2, 0.25) is 0 Å². The molecule has 5 heteroatoms. The van der Waals surface area contributed by atoms with Gasteiger partial charge >= 0.3 is 6.03 Å². The van der Waals surface area contributed by atoms with Crippen LogP contribution in [-0.2, 0) is 0 Å². The zero-order chi connectivity index (χ0) is 15.0. The summed E-state index contributed by atoms with van der Waals surface area (Å²) in [6, 6.07) is 13.1. The molecule has 0 saturated heterocycles. The van der Waals surface area contributed by atoms with Gasteiger partial charge in [-0.3, -0.25) is 4.90 Å². The zero-order valence-corrected chi connectivity index (χ0v) is 12.2. The summed E-state index contributed by atoms with van der Waals surface area (Å²) in [5, 5.41) is 8.08. The van der Waals surface area contributed by atoms with Gasteiger partial charge in [-0.25, -0.2) is 4.79 Å². The number of amides is 1. The maximum absolute atomic E-state index is 12.6. The van der Waals surface area contributed by atoms with Crippen molar-refractivity contribution in [3.63, 3.8) is 0 Å². The van der Waals surface area contributed by atoms with Crippen LogP contribution in [0, 0.1) is 13.8 Å². The molecule has 1 aromatic heterocycles. The second-order valence-electron chi connectivity index (χ2n) is 5.10. The number of aromatic nitrogens is 3. The first-order valence-corrected chi connectivity index (χ1v) is 6.73. The molecule has 2 aromatic carbocycles. The van der Waals surface area contributed by atoms with Crippen LogP contribution in [-0.4, -0.2) is 28.1 Å². The van der Waals surface area contributed by atoms with E-state index in [1.54, 1.807) is 11.9 Å². The minimum Gasteiger partial charge on any atom is -0.296 e. The molecule has 3 rings (SSSR count). The third-order valence-electron chi connectivity index (χ3n) is 3.67. The summed E-state index contributed by atoms with van der Waals surface area (Å²) in [6.45, 7) is 4.03. The number of anilines is 1. The van der Waals surface area contributed by atoms with Gasteiger partial charge in [-0.05, 0) is 49.2 Å². The maximum atomic E-state index is 12.6. The molecule has 0 bridgehead atoms. The van der Waals surface area contributed by atoms with Crippen molar-refractivity contribution >= 4 is 22.8 Å². The Kier molecular flexibility index (Phi) is 3.17. The van der Waals surface area contributed by atoms with Crippen LogP contribution in [0.25, 0.3) is 11.0 Å². The molecule has 0 fully saturated rings. The Balaban J connectivity index is 2.04. The first kappa shape index (κ1) is 13.3. The van der Waals surface area contributed by atoms with Gasteiger partial charge in [0.1, 0.15) is 5.52 Å². The highest BCUT2D eigenvalue weighted by Crippen LogP contribution is 2.19. The van der Waals surface area contributed by atoms with Crippen LogP contribution in [0.4, 0.5) is 10.5 Å². The monoisotopic (exact) mass is 280 g/mol. The number of para-hydroxylation sites is 1. The lowest BCUT2D eigenvalue weighted by atomic mass is 10.1. The van der Waals surface area contributed by atoms with Crippen LogP contribution in [0.5, 0.6) is 0 Å². The lowest BCUT2D eigenvalue weighted by molar-refractivity contribution is 0.246. The van der Waals surface area contributed by atoms with Crippen molar-refractivity contribution in [3.05, 3.63) is 53.6 Å². The lowest BCUT2D eigenvalue weighted by Gasteiger charge is -2.16. The third kappa shape index (κ3) is 2.27. The van der Waals surface area contributed by atoms with Gasteiger partial charge in [-0.2, -0.15) is 4.68 Å². The highest BCUT2D eigenvalue weighted by atomic mass is 16.2. The molecular formula is C16H16N4O. The van der Waals surface area contributed by atoms with Crippen molar-refractivity contribution in [2.45, 2.75) is 13.8 Å². The van der Waals surface area contributed by atoms with E-state index < -0.39 is 0 Å². The first-order chi connectivity index (χ1) is 10.1. The second-order valence-corrected chi connectivity index (χ2v) is 5.10. The number of carbonyl (C=O) groups is 1. The molecule has 5 nitrogen and oxygen atoms in total. The molecule has 0 unspecified atom stereocenters. The van der Waals surface area contributed by atoms with E-state index in [2.05, 4.69) is 10.3 Å². The number of aryl methyl sites for hydroxylation is 2. The first-order valence-electron chi connectivity index (χ1n) is 6.73. The van der Waals surface area contributed by atoms with Gasteiger partial charge in [0, 0.05) is 12.7 Å². The Morgan fingerprint density at radius 1 is 1.10 bits per heavy atom. The quantitative estimate of drug-likeness (QED) is 0.688. The van der Waals surface area contributed by atoms with Gasteiger partial charge in [-0.1, -0.05) is 23.4 Å². The van der Waals surface area contributed by atoms with Crippen molar-refractivity contribution < 1.29 is 4.79 Å². The topological polar surface area (TPSA) is 51.0 Å². The highest BCUT2D eigenvalue weighted by molar-refractivity contribution is 5.97. The predicted molar refractivity (Wildman–Crippen MR) is 82.6 cm³/mol. The Bertz CT molecular complexity index is 808. The number of hydrogen-bond acceptors (Lipinski definition) is 3. The maximum Gasteiger partial charge on any atom is 0.350 e.